The first-order valence-electron chi connectivity index (χ1n) is 4.30. The predicted molar refractivity (Wildman–Crippen MR) is 54.3 cm³/mol. The maximum atomic E-state index is 11.3. The van der Waals surface area contributed by atoms with E-state index in [0.29, 0.717) is 12.0 Å². The summed E-state index contributed by atoms with van der Waals surface area (Å²) >= 11 is 0. The number of amidine groups is 1. The quantitative estimate of drug-likeness (QED) is 0.542. The molecule has 1 amide bonds. The summed E-state index contributed by atoms with van der Waals surface area (Å²) in [4.78, 5) is 11.3. The summed E-state index contributed by atoms with van der Waals surface area (Å²) in [6, 6.07) is 8.83. The van der Waals surface area contributed by atoms with E-state index in [1.807, 2.05) is 6.07 Å². The average molecular weight is 190 g/mol. The van der Waals surface area contributed by atoms with Crippen molar-refractivity contribution in [2.75, 3.05) is 6.54 Å². The van der Waals surface area contributed by atoms with Gasteiger partial charge in [-0.2, -0.15) is 0 Å². The molecule has 1 aromatic carbocycles. The first-order chi connectivity index (χ1) is 6.70. The molecule has 4 heteroatoms. The third kappa shape index (κ3) is 3.26. The Morgan fingerprint density at radius 2 is 2.00 bits per heavy atom. The van der Waals surface area contributed by atoms with Gasteiger partial charge in [0.15, 0.2) is 0 Å². The van der Waals surface area contributed by atoms with Crippen LogP contribution in [0.1, 0.15) is 16.8 Å². The van der Waals surface area contributed by atoms with Crippen LogP contribution in [0.3, 0.4) is 0 Å². The van der Waals surface area contributed by atoms with E-state index >= 15 is 0 Å². The lowest BCUT2D eigenvalue weighted by Crippen LogP contribution is -2.21. The number of rotatable bonds is 4. The zero-order valence-corrected chi connectivity index (χ0v) is 7.73. The Kier molecular flexibility index (Phi) is 3.67. The lowest BCUT2D eigenvalue weighted by molar-refractivity contribution is 0.0950. The number of nitrogens with two attached hydrogens (primary N) is 1. The SMILES string of the molecule is N=C(N)CC[N]C(=O)c1ccccc1. The Bertz CT molecular complexity index is 321. The van der Waals surface area contributed by atoms with Gasteiger partial charge in [0.2, 0.25) is 0 Å². The summed E-state index contributed by atoms with van der Waals surface area (Å²) in [6.45, 7) is 0.281. The molecule has 0 atom stereocenters. The molecular weight excluding hydrogens is 178 g/mol. The molecule has 0 fully saturated rings. The molecule has 14 heavy (non-hydrogen) atoms. The van der Waals surface area contributed by atoms with Gasteiger partial charge in [0.05, 0.1) is 12.4 Å². The van der Waals surface area contributed by atoms with Gasteiger partial charge < -0.3 is 5.73 Å². The van der Waals surface area contributed by atoms with Crippen molar-refractivity contribution in [2.24, 2.45) is 5.73 Å². The molecule has 0 unspecified atom stereocenters. The zero-order chi connectivity index (χ0) is 10.4. The molecule has 0 aromatic heterocycles. The molecule has 0 saturated carbocycles. The molecule has 0 heterocycles. The smallest absolute Gasteiger partial charge is 0.272 e. The number of hydrogen-bond donors (Lipinski definition) is 2. The summed E-state index contributed by atoms with van der Waals surface area (Å²) in [7, 11) is 0. The van der Waals surface area contributed by atoms with E-state index < -0.39 is 0 Å². The topological polar surface area (TPSA) is 81.0 Å². The molecule has 0 spiro atoms. The average Bonchev–Trinajstić information content (AvgIpc) is 2.18. The third-order valence-corrected chi connectivity index (χ3v) is 1.66. The van der Waals surface area contributed by atoms with Gasteiger partial charge in [-0.15, -0.1) is 0 Å². The van der Waals surface area contributed by atoms with Gasteiger partial charge in [-0.05, 0) is 12.1 Å². The minimum absolute atomic E-state index is 0.0506. The van der Waals surface area contributed by atoms with Crippen LogP contribution in [0.5, 0.6) is 0 Å². The molecule has 0 bridgehead atoms. The lowest BCUT2D eigenvalue weighted by atomic mass is 10.2. The molecule has 4 nitrogen and oxygen atoms in total. The van der Waals surface area contributed by atoms with Crippen molar-refractivity contribution in [3.05, 3.63) is 35.9 Å². The highest BCUT2D eigenvalue weighted by atomic mass is 16.1. The molecule has 1 rings (SSSR count). The van der Waals surface area contributed by atoms with Crippen molar-refractivity contribution < 1.29 is 4.79 Å². The molecule has 0 aliphatic heterocycles. The van der Waals surface area contributed by atoms with Crippen LogP contribution in [0.15, 0.2) is 30.3 Å². The fourth-order valence-corrected chi connectivity index (χ4v) is 0.950. The number of nitrogens with zero attached hydrogens (tertiary/aromatic N) is 1. The second-order valence-electron chi connectivity index (χ2n) is 2.83. The van der Waals surface area contributed by atoms with E-state index in [4.69, 9.17) is 11.1 Å². The Balaban J connectivity index is 2.40. The molecule has 1 aromatic rings. The highest BCUT2D eigenvalue weighted by Gasteiger charge is 2.04. The number of nitrogens with one attached hydrogen (secondary N) is 1. The van der Waals surface area contributed by atoms with Gasteiger partial charge in [0.25, 0.3) is 5.91 Å². The number of carbonyl (C=O) groups is 1. The lowest BCUT2D eigenvalue weighted by Gasteiger charge is -2.00. The molecule has 3 N–H and O–H groups in total. The molecule has 0 aliphatic carbocycles. The maximum absolute atomic E-state index is 11.3. The van der Waals surface area contributed by atoms with Crippen LogP contribution in [0.25, 0.3) is 0 Å². The Hall–Kier alpha value is -1.84. The third-order valence-electron chi connectivity index (χ3n) is 1.66. The largest absolute Gasteiger partial charge is 0.388 e. The van der Waals surface area contributed by atoms with E-state index in [1.165, 1.54) is 0 Å². The van der Waals surface area contributed by atoms with E-state index in [9.17, 15) is 4.79 Å². The fraction of sp³-hybridized carbons (Fsp3) is 0.200. The van der Waals surface area contributed by atoms with E-state index in [2.05, 4.69) is 5.32 Å². The molecule has 0 saturated heterocycles. The predicted octanol–water partition coefficient (Wildman–Crippen LogP) is 0.757. The van der Waals surface area contributed by atoms with Crippen molar-refractivity contribution in [3.63, 3.8) is 0 Å². The van der Waals surface area contributed by atoms with Gasteiger partial charge in [-0.1, -0.05) is 18.2 Å². The van der Waals surface area contributed by atoms with Crippen LogP contribution in [0, 0.1) is 5.41 Å². The first kappa shape index (κ1) is 10.2. The van der Waals surface area contributed by atoms with Gasteiger partial charge in [0.1, 0.15) is 0 Å². The number of carbonyl (C=O) groups excluding carboxylic acids is 1. The van der Waals surface area contributed by atoms with Gasteiger partial charge in [-0.25, -0.2) is 5.32 Å². The van der Waals surface area contributed by atoms with E-state index in [-0.39, 0.29) is 18.3 Å². The standard InChI is InChI=1S/C10H12N3O/c11-9(12)6-7-13-10(14)8-4-2-1-3-5-8/h1-5H,6-7H2,(H3,11,12). The zero-order valence-electron chi connectivity index (χ0n) is 7.73. The van der Waals surface area contributed by atoms with Crippen LogP contribution in [0.4, 0.5) is 0 Å². The number of benzene rings is 1. The summed E-state index contributed by atoms with van der Waals surface area (Å²) in [5, 5.41) is 10.7. The van der Waals surface area contributed by atoms with Crippen molar-refractivity contribution in [2.45, 2.75) is 6.42 Å². The maximum Gasteiger partial charge on any atom is 0.272 e. The van der Waals surface area contributed by atoms with Crippen LogP contribution in [0.2, 0.25) is 0 Å². The van der Waals surface area contributed by atoms with Crippen LogP contribution < -0.4 is 11.1 Å². The Morgan fingerprint density at radius 3 is 2.57 bits per heavy atom. The van der Waals surface area contributed by atoms with Crippen molar-refractivity contribution >= 4 is 11.7 Å². The second kappa shape index (κ2) is 5.01. The molecule has 0 aliphatic rings. The summed E-state index contributed by atoms with van der Waals surface area (Å²) < 4.78 is 0. The van der Waals surface area contributed by atoms with Crippen molar-refractivity contribution in [1.82, 2.24) is 5.32 Å². The fourth-order valence-electron chi connectivity index (χ4n) is 0.950. The summed E-state index contributed by atoms with van der Waals surface area (Å²) in [5.74, 6) is -0.207. The van der Waals surface area contributed by atoms with Crippen molar-refractivity contribution in [1.29, 1.82) is 5.41 Å². The highest BCUT2D eigenvalue weighted by Crippen LogP contribution is 1.98. The van der Waals surface area contributed by atoms with E-state index in [1.54, 1.807) is 24.3 Å². The normalized spacial score (nSPS) is 9.43. The van der Waals surface area contributed by atoms with Crippen LogP contribution in [-0.4, -0.2) is 18.3 Å². The number of amides is 1. The van der Waals surface area contributed by atoms with Crippen LogP contribution >= 0.6 is 0 Å². The Labute approximate surface area is 82.6 Å². The first-order valence-corrected chi connectivity index (χ1v) is 4.30. The minimum Gasteiger partial charge on any atom is -0.388 e. The minimum atomic E-state index is -0.258. The monoisotopic (exact) mass is 190 g/mol. The summed E-state index contributed by atoms with van der Waals surface area (Å²) in [5.41, 5.74) is 5.70. The molecule has 73 valence electrons. The molecular formula is C10H12N3O. The summed E-state index contributed by atoms with van der Waals surface area (Å²) in [6.07, 6.45) is 0.332. The number of hydrogen-bond acceptors (Lipinski definition) is 2. The van der Waals surface area contributed by atoms with Gasteiger partial charge in [-0.3, -0.25) is 10.2 Å². The molecule has 1 radical (unpaired) electrons. The van der Waals surface area contributed by atoms with E-state index in [0.717, 1.165) is 0 Å². The van der Waals surface area contributed by atoms with Gasteiger partial charge in [0, 0.05) is 12.0 Å². The Morgan fingerprint density at radius 1 is 1.36 bits per heavy atom. The van der Waals surface area contributed by atoms with Crippen molar-refractivity contribution in [3.8, 4) is 0 Å². The van der Waals surface area contributed by atoms with Crippen LogP contribution in [-0.2, 0) is 0 Å². The highest BCUT2D eigenvalue weighted by molar-refractivity contribution is 5.94. The second-order valence-corrected chi connectivity index (χ2v) is 2.83. The van der Waals surface area contributed by atoms with Gasteiger partial charge >= 0.3 is 0 Å².